The van der Waals surface area contributed by atoms with Crippen LogP contribution in [0.25, 0.3) is 11.1 Å². The number of benzene rings is 3. The number of carbonyl (C=O) groups excluding carboxylic acids is 1. The molecule has 0 spiro atoms. The van der Waals surface area contributed by atoms with Gasteiger partial charge in [0.1, 0.15) is 12.4 Å². The number of Topliss-reactive ketones (excluding diaryl/α,β-unsaturated/α-hetero) is 1. The van der Waals surface area contributed by atoms with Crippen LogP contribution in [0.3, 0.4) is 0 Å². The number of nitrogens with zero attached hydrogens (tertiary/aromatic N) is 2. The molecule has 33 heavy (non-hydrogen) atoms. The largest absolute Gasteiger partial charge is 0.391 e. The summed E-state index contributed by atoms with van der Waals surface area (Å²) in [6.07, 6.45) is 2.12. The molecule has 0 amide bonds. The van der Waals surface area contributed by atoms with Gasteiger partial charge in [0.15, 0.2) is 0 Å². The van der Waals surface area contributed by atoms with E-state index in [1.807, 2.05) is 25.1 Å². The van der Waals surface area contributed by atoms with Crippen LogP contribution < -0.4 is 0 Å². The Morgan fingerprint density at radius 1 is 0.909 bits per heavy atom. The average molecular weight is 441 g/mol. The Bertz CT molecular complexity index is 1070. The standard InChI is InChI=1S/C29H32N2O2/c1-22(30-33-21-25-12-16-28(17-13-25)27-7-4-3-5-8-27)26-14-10-24(11-15-26)19-31-18-6-9-29(20-31)23(2)32/h3-5,7-8,10-17,29H,6,9,18-21H2,1-2H3/b30-22-. The van der Waals surface area contributed by atoms with Gasteiger partial charge in [-0.3, -0.25) is 9.69 Å². The molecule has 4 heteroatoms. The van der Waals surface area contributed by atoms with Gasteiger partial charge in [0.05, 0.1) is 5.71 Å². The molecule has 0 aromatic heterocycles. The monoisotopic (exact) mass is 440 g/mol. The summed E-state index contributed by atoms with van der Waals surface area (Å²) in [6.45, 7) is 6.94. The Morgan fingerprint density at radius 3 is 2.27 bits per heavy atom. The molecule has 1 atom stereocenters. The number of rotatable bonds is 8. The van der Waals surface area contributed by atoms with Crippen molar-refractivity contribution in [2.24, 2.45) is 11.1 Å². The minimum Gasteiger partial charge on any atom is -0.391 e. The summed E-state index contributed by atoms with van der Waals surface area (Å²) in [6, 6.07) is 27.2. The number of hydrogen-bond acceptors (Lipinski definition) is 4. The van der Waals surface area contributed by atoms with Gasteiger partial charge in [-0.05, 0) is 61.1 Å². The van der Waals surface area contributed by atoms with Gasteiger partial charge in [0, 0.05) is 19.0 Å². The van der Waals surface area contributed by atoms with E-state index in [4.69, 9.17) is 4.84 Å². The van der Waals surface area contributed by atoms with Crippen molar-refractivity contribution >= 4 is 11.5 Å². The minimum absolute atomic E-state index is 0.194. The summed E-state index contributed by atoms with van der Waals surface area (Å²) in [5.74, 6) is 0.508. The van der Waals surface area contributed by atoms with Crippen molar-refractivity contribution in [2.45, 2.75) is 39.8 Å². The van der Waals surface area contributed by atoms with Crippen LogP contribution in [0, 0.1) is 5.92 Å². The molecule has 1 unspecified atom stereocenters. The Labute approximate surface area is 196 Å². The molecule has 3 aromatic carbocycles. The van der Waals surface area contributed by atoms with Gasteiger partial charge in [0.25, 0.3) is 0 Å². The van der Waals surface area contributed by atoms with Crippen LogP contribution in [-0.4, -0.2) is 29.5 Å². The molecule has 170 valence electrons. The summed E-state index contributed by atoms with van der Waals surface area (Å²) < 4.78 is 0. The zero-order valence-corrected chi connectivity index (χ0v) is 19.5. The molecule has 0 N–H and O–H groups in total. The van der Waals surface area contributed by atoms with E-state index < -0.39 is 0 Å². The van der Waals surface area contributed by atoms with Crippen LogP contribution in [0.2, 0.25) is 0 Å². The molecule has 1 aliphatic rings. The Kier molecular flexibility index (Phi) is 7.69. The molecule has 0 radical (unpaired) electrons. The number of carbonyl (C=O) groups is 1. The van der Waals surface area contributed by atoms with Crippen molar-refractivity contribution in [1.82, 2.24) is 4.90 Å². The van der Waals surface area contributed by atoms with Gasteiger partial charge >= 0.3 is 0 Å². The molecule has 0 bridgehead atoms. The fraction of sp³-hybridized carbons (Fsp3) is 0.310. The van der Waals surface area contributed by atoms with Crippen LogP contribution in [0.1, 0.15) is 43.4 Å². The first-order chi connectivity index (χ1) is 16.1. The average Bonchev–Trinajstić information content (AvgIpc) is 2.85. The van der Waals surface area contributed by atoms with Gasteiger partial charge in [-0.2, -0.15) is 0 Å². The molecule has 4 nitrogen and oxygen atoms in total. The maximum Gasteiger partial charge on any atom is 0.142 e. The van der Waals surface area contributed by atoms with Crippen molar-refractivity contribution < 1.29 is 9.63 Å². The molecule has 0 saturated carbocycles. The van der Waals surface area contributed by atoms with E-state index in [1.54, 1.807) is 6.92 Å². The van der Waals surface area contributed by atoms with E-state index in [0.717, 1.165) is 49.3 Å². The van der Waals surface area contributed by atoms with Crippen molar-refractivity contribution in [3.05, 3.63) is 95.6 Å². The third kappa shape index (κ3) is 6.39. The predicted molar refractivity (Wildman–Crippen MR) is 134 cm³/mol. The highest BCUT2D eigenvalue weighted by atomic mass is 16.6. The second-order valence-electron chi connectivity index (χ2n) is 8.89. The normalized spacial score (nSPS) is 17.0. The zero-order valence-electron chi connectivity index (χ0n) is 19.5. The number of hydrogen-bond donors (Lipinski definition) is 0. The molecular weight excluding hydrogens is 408 g/mol. The molecule has 3 aromatic rings. The first-order valence-electron chi connectivity index (χ1n) is 11.7. The zero-order chi connectivity index (χ0) is 23.0. The van der Waals surface area contributed by atoms with Crippen LogP contribution in [0.5, 0.6) is 0 Å². The van der Waals surface area contributed by atoms with Crippen molar-refractivity contribution in [3.63, 3.8) is 0 Å². The Balaban J connectivity index is 1.28. The van der Waals surface area contributed by atoms with Gasteiger partial charge < -0.3 is 4.84 Å². The van der Waals surface area contributed by atoms with E-state index in [2.05, 4.69) is 70.7 Å². The van der Waals surface area contributed by atoms with Gasteiger partial charge in [-0.25, -0.2) is 0 Å². The number of ketones is 1. The third-order valence-corrected chi connectivity index (χ3v) is 6.35. The first-order valence-corrected chi connectivity index (χ1v) is 11.7. The fourth-order valence-corrected chi connectivity index (χ4v) is 4.32. The highest BCUT2D eigenvalue weighted by Gasteiger charge is 2.22. The summed E-state index contributed by atoms with van der Waals surface area (Å²) in [5, 5.41) is 4.31. The summed E-state index contributed by atoms with van der Waals surface area (Å²) in [5.41, 5.74) is 6.67. The minimum atomic E-state index is 0.194. The second kappa shape index (κ2) is 11.1. The lowest BCUT2D eigenvalue weighted by molar-refractivity contribution is -0.122. The second-order valence-corrected chi connectivity index (χ2v) is 8.89. The lowest BCUT2D eigenvalue weighted by Crippen LogP contribution is -2.37. The molecule has 4 rings (SSSR count). The van der Waals surface area contributed by atoms with E-state index in [0.29, 0.717) is 12.4 Å². The molecule has 1 heterocycles. The van der Waals surface area contributed by atoms with Crippen molar-refractivity contribution in [2.75, 3.05) is 13.1 Å². The summed E-state index contributed by atoms with van der Waals surface area (Å²) in [4.78, 5) is 19.7. The smallest absolute Gasteiger partial charge is 0.142 e. The van der Waals surface area contributed by atoms with Crippen molar-refractivity contribution in [3.8, 4) is 11.1 Å². The Morgan fingerprint density at radius 2 is 1.58 bits per heavy atom. The number of oxime groups is 1. The van der Waals surface area contributed by atoms with E-state index in [1.165, 1.54) is 16.7 Å². The van der Waals surface area contributed by atoms with E-state index in [-0.39, 0.29) is 5.92 Å². The molecule has 1 aliphatic heterocycles. The summed E-state index contributed by atoms with van der Waals surface area (Å²) in [7, 11) is 0. The van der Waals surface area contributed by atoms with Crippen LogP contribution in [0.4, 0.5) is 0 Å². The summed E-state index contributed by atoms with van der Waals surface area (Å²) >= 11 is 0. The van der Waals surface area contributed by atoms with E-state index >= 15 is 0 Å². The molecule has 1 fully saturated rings. The number of likely N-dealkylation sites (tertiary alicyclic amines) is 1. The van der Waals surface area contributed by atoms with Gasteiger partial charge in [-0.1, -0.05) is 84.0 Å². The molecule has 0 aliphatic carbocycles. The first kappa shape index (κ1) is 22.9. The highest BCUT2D eigenvalue weighted by molar-refractivity contribution is 5.98. The third-order valence-electron chi connectivity index (χ3n) is 6.35. The van der Waals surface area contributed by atoms with Crippen LogP contribution in [0.15, 0.2) is 84.0 Å². The van der Waals surface area contributed by atoms with Gasteiger partial charge in [-0.15, -0.1) is 0 Å². The van der Waals surface area contributed by atoms with E-state index in [9.17, 15) is 4.79 Å². The lowest BCUT2D eigenvalue weighted by atomic mass is 9.94. The fourth-order valence-electron chi connectivity index (χ4n) is 4.32. The van der Waals surface area contributed by atoms with Crippen molar-refractivity contribution in [1.29, 1.82) is 0 Å². The topological polar surface area (TPSA) is 41.9 Å². The van der Waals surface area contributed by atoms with Crippen LogP contribution >= 0.6 is 0 Å². The highest BCUT2D eigenvalue weighted by Crippen LogP contribution is 2.21. The maximum absolute atomic E-state index is 11.7. The predicted octanol–water partition coefficient (Wildman–Crippen LogP) is 6.10. The molecular formula is C29H32N2O2. The van der Waals surface area contributed by atoms with Gasteiger partial charge in [0.2, 0.25) is 0 Å². The van der Waals surface area contributed by atoms with Crippen LogP contribution in [-0.2, 0) is 22.8 Å². The SMILES string of the molecule is CC(=O)C1CCCN(Cc2ccc(/C(C)=N\OCc3ccc(-c4ccccc4)cc3)cc2)C1. The molecule has 1 saturated heterocycles. The quantitative estimate of drug-likeness (QED) is 0.314. The number of piperidine rings is 1. The lowest BCUT2D eigenvalue weighted by Gasteiger charge is -2.31. The Hall–Kier alpha value is -3.24. The maximum atomic E-state index is 11.7.